The normalized spacial score (nSPS) is 12.0. The summed E-state index contributed by atoms with van der Waals surface area (Å²) in [4.78, 5) is 33.1. The van der Waals surface area contributed by atoms with E-state index in [-0.39, 0.29) is 24.1 Å². The molecule has 1 unspecified atom stereocenters. The largest absolute Gasteiger partial charge is 0.497 e. The number of rotatable bonds is 6. The minimum Gasteiger partial charge on any atom is -0.497 e. The van der Waals surface area contributed by atoms with Gasteiger partial charge in [-0.05, 0) is 69.2 Å². The highest BCUT2D eigenvalue weighted by atomic mass is 16.5. The lowest BCUT2D eigenvalue weighted by molar-refractivity contribution is 0.0951. The molecule has 1 aromatic carbocycles. The molecule has 0 aliphatic heterocycles. The van der Waals surface area contributed by atoms with Gasteiger partial charge in [0.2, 0.25) is 0 Å². The Balaban J connectivity index is 1.73. The Labute approximate surface area is 192 Å². The monoisotopic (exact) mass is 444 g/mol. The Morgan fingerprint density at radius 3 is 2.70 bits per heavy atom. The van der Waals surface area contributed by atoms with Crippen molar-refractivity contribution in [1.82, 2.24) is 19.9 Å². The summed E-state index contributed by atoms with van der Waals surface area (Å²) >= 11 is 0. The van der Waals surface area contributed by atoms with Crippen molar-refractivity contribution in [3.8, 4) is 5.75 Å². The quantitative estimate of drug-likeness (QED) is 0.467. The highest BCUT2D eigenvalue weighted by molar-refractivity contribution is 6.07. The van der Waals surface area contributed by atoms with E-state index in [0.717, 1.165) is 39.3 Å². The van der Waals surface area contributed by atoms with E-state index in [0.29, 0.717) is 11.1 Å². The molecular weight excluding hydrogens is 416 g/mol. The molecule has 3 aromatic heterocycles. The Morgan fingerprint density at radius 2 is 1.97 bits per heavy atom. The van der Waals surface area contributed by atoms with Crippen molar-refractivity contribution in [3.63, 3.8) is 0 Å². The van der Waals surface area contributed by atoms with Crippen molar-refractivity contribution in [2.24, 2.45) is 0 Å². The lowest BCUT2D eigenvalue weighted by Crippen LogP contribution is -2.28. The zero-order valence-electron chi connectivity index (χ0n) is 19.5. The standard InChI is InChI=1S/C26H28N4O3/c1-15-12-16(2)29-25(31)22(15)14-28-26(32)23-18(4)30(24-21(23)10-7-11-27-24)17(3)19-8-6-9-20(13-19)33-5/h6-13,17H,14H2,1-5H3,(H,28,32)(H,29,31). The van der Waals surface area contributed by atoms with Crippen molar-refractivity contribution in [1.29, 1.82) is 0 Å². The number of hydrogen-bond acceptors (Lipinski definition) is 4. The minimum absolute atomic E-state index is 0.0683. The molecule has 3 heterocycles. The third-order valence-electron chi connectivity index (χ3n) is 6.12. The van der Waals surface area contributed by atoms with Gasteiger partial charge in [-0.2, -0.15) is 0 Å². The van der Waals surface area contributed by atoms with Gasteiger partial charge in [0.05, 0.1) is 18.7 Å². The Kier molecular flexibility index (Phi) is 6.05. The van der Waals surface area contributed by atoms with Crippen LogP contribution in [-0.4, -0.2) is 27.6 Å². The fourth-order valence-electron chi connectivity index (χ4n) is 4.43. The molecule has 7 heteroatoms. The van der Waals surface area contributed by atoms with Gasteiger partial charge in [0, 0.05) is 35.1 Å². The van der Waals surface area contributed by atoms with E-state index < -0.39 is 0 Å². The third kappa shape index (κ3) is 4.14. The number of methoxy groups -OCH3 is 1. The van der Waals surface area contributed by atoms with Gasteiger partial charge in [0.1, 0.15) is 11.4 Å². The molecule has 0 saturated heterocycles. The second kappa shape index (κ2) is 8.94. The molecule has 0 spiro atoms. The summed E-state index contributed by atoms with van der Waals surface area (Å²) in [6.45, 7) is 7.87. The van der Waals surface area contributed by atoms with Gasteiger partial charge in [-0.3, -0.25) is 9.59 Å². The topological polar surface area (TPSA) is 89.0 Å². The minimum atomic E-state index is -0.235. The Morgan fingerprint density at radius 1 is 1.18 bits per heavy atom. The van der Waals surface area contributed by atoms with Crippen LogP contribution in [0.2, 0.25) is 0 Å². The van der Waals surface area contributed by atoms with Crippen molar-refractivity contribution >= 4 is 16.9 Å². The number of benzene rings is 1. The summed E-state index contributed by atoms with van der Waals surface area (Å²) in [7, 11) is 1.64. The van der Waals surface area contributed by atoms with Crippen LogP contribution in [0, 0.1) is 20.8 Å². The Hall–Kier alpha value is -3.87. The van der Waals surface area contributed by atoms with Crippen LogP contribution in [0.15, 0.2) is 53.5 Å². The number of nitrogens with zero attached hydrogens (tertiary/aromatic N) is 2. The fraction of sp³-hybridized carbons (Fsp3) is 0.269. The van der Waals surface area contributed by atoms with Gasteiger partial charge in [-0.1, -0.05) is 12.1 Å². The molecule has 4 rings (SSSR count). The Bertz CT molecular complexity index is 1400. The number of aromatic nitrogens is 3. The van der Waals surface area contributed by atoms with E-state index in [1.807, 2.05) is 63.2 Å². The third-order valence-corrected chi connectivity index (χ3v) is 6.12. The van der Waals surface area contributed by atoms with Crippen molar-refractivity contribution in [3.05, 3.63) is 92.7 Å². The summed E-state index contributed by atoms with van der Waals surface area (Å²) in [5, 5.41) is 3.71. The molecule has 2 N–H and O–H groups in total. The SMILES string of the molecule is COc1cccc(C(C)n2c(C)c(C(=O)NCc3c(C)cc(C)[nH]c3=O)c3cccnc32)c1. The van der Waals surface area contributed by atoms with E-state index in [2.05, 4.69) is 26.8 Å². The molecule has 0 radical (unpaired) electrons. The van der Waals surface area contributed by atoms with Crippen LogP contribution in [0.1, 0.15) is 51.4 Å². The van der Waals surface area contributed by atoms with E-state index in [1.165, 1.54) is 0 Å². The lowest BCUT2D eigenvalue weighted by atomic mass is 10.1. The molecule has 7 nitrogen and oxygen atoms in total. The molecule has 0 aliphatic rings. The summed E-state index contributed by atoms with van der Waals surface area (Å²) < 4.78 is 7.46. The van der Waals surface area contributed by atoms with Gasteiger partial charge >= 0.3 is 0 Å². The first-order chi connectivity index (χ1) is 15.8. The molecule has 1 atom stereocenters. The number of carbonyl (C=O) groups is 1. The van der Waals surface area contributed by atoms with Crippen LogP contribution in [0.5, 0.6) is 5.75 Å². The maximum atomic E-state index is 13.3. The number of pyridine rings is 2. The van der Waals surface area contributed by atoms with E-state index >= 15 is 0 Å². The zero-order valence-corrected chi connectivity index (χ0v) is 19.5. The molecule has 170 valence electrons. The summed E-state index contributed by atoms with van der Waals surface area (Å²) in [6, 6.07) is 13.5. The molecule has 0 aliphatic carbocycles. The van der Waals surface area contributed by atoms with Crippen LogP contribution in [0.4, 0.5) is 0 Å². The van der Waals surface area contributed by atoms with Gasteiger partial charge in [-0.25, -0.2) is 4.98 Å². The predicted molar refractivity (Wildman–Crippen MR) is 129 cm³/mol. The molecule has 4 aromatic rings. The van der Waals surface area contributed by atoms with Crippen LogP contribution in [0.25, 0.3) is 11.0 Å². The van der Waals surface area contributed by atoms with Gasteiger partial charge in [0.15, 0.2) is 0 Å². The van der Waals surface area contributed by atoms with Crippen LogP contribution in [0.3, 0.4) is 0 Å². The second-order valence-electron chi connectivity index (χ2n) is 8.28. The number of amides is 1. The van der Waals surface area contributed by atoms with Gasteiger partial charge in [0.25, 0.3) is 11.5 Å². The van der Waals surface area contributed by atoms with Crippen molar-refractivity contribution < 1.29 is 9.53 Å². The van der Waals surface area contributed by atoms with Crippen molar-refractivity contribution in [2.45, 2.75) is 40.3 Å². The first kappa shape index (κ1) is 22.3. The van der Waals surface area contributed by atoms with E-state index in [1.54, 1.807) is 13.3 Å². The number of carbonyl (C=O) groups excluding carboxylic acids is 1. The smallest absolute Gasteiger partial charge is 0.254 e. The van der Waals surface area contributed by atoms with Crippen molar-refractivity contribution in [2.75, 3.05) is 7.11 Å². The summed E-state index contributed by atoms with van der Waals surface area (Å²) in [5.41, 5.74) is 5.18. The van der Waals surface area contributed by atoms with Crippen LogP contribution >= 0.6 is 0 Å². The molecule has 33 heavy (non-hydrogen) atoms. The fourth-order valence-corrected chi connectivity index (χ4v) is 4.43. The van der Waals surface area contributed by atoms with Crippen LogP contribution < -0.4 is 15.6 Å². The summed E-state index contributed by atoms with van der Waals surface area (Å²) in [5.74, 6) is 0.541. The van der Waals surface area contributed by atoms with E-state index in [9.17, 15) is 9.59 Å². The first-order valence-electron chi connectivity index (χ1n) is 10.9. The molecule has 0 fully saturated rings. The van der Waals surface area contributed by atoms with Gasteiger partial charge in [-0.15, -0.1) is 0 Å². The number of aromatic amines is 1. The number of nitrogens with one attached hydrogen (secondary N) is 2. The second-order valence-corrected chi connectivity index (χ2v) is 8.28. The highest BCUT2D eigenvalue weighted by Crippen LogP contribution is 2.31. The highest BCUT2D eigenvalue weighted by Gasteiger charge is 2.24. The summed E-state index contributed by atoms with van der Waals surface area (Å²) in [6.07, 6.45) is 1.73. The molecule has 0 saturated carbocycles. The van der Waals surface area contributed by atoms with E-state index in [4.69, 9.17) is 4.74 Å². The average Bonchev–Trinajstić information content (AvgIpc) is 3.09. The maximum absolute atomic E-state index is 13.3. The number of aryl methyl sites for hydroxylation is 2. The van der Waals surface area contributed by atoms with Gasteiger partial charge < -0.3 is 19.6 Å². The molecule has 0 bridgehead atoms. The average molecular weight is 445 g/mol. The predicted octanol–water partition coefficient (Wildman–Crippen LogP) is 4.20. The maximum Gasteiger partial charge on any atom is 0.254 e. The number of ether oxygens (including phenoxy) is 1. The number of fused-ring (bicyclic) bond motifs is 1. The number of H-pyrrole nitrogens is 1. The zero-order chi connectivity index (χ0) is 23.7. The lowest BCUT2D eigenvalue weighted by Gasteiger charge is -2.18. The number of hydrogen-bond donors (Lipinski definition) is 2. The molecule has 1 amide bonds. The first-order valence-corrected chi connectivity index (χ1v) is 10.9. The molecular formula is C26H28N4O3. The van der Waals surface area contributed by atoms with Crippen LogP contribution in [-0.2, 0) is 6.54 Å².